The maximum Gasteiger partial charge on any atom is 0.314 e. The topological polar surface area (TPSA) is 67.2 Å². The third-order valence-electron chi connectivity index (χ3n) is 7.92. The van der Waals surface area contributed by atoms with Crippen molar-refractivity contribution in [2.45, 2.75) is 34.1 Å². The zero-order chi connectivity index (χ0) is 30.5. The van der Waals surface area contributed by atoms with E-state index < -0.39 is 0 Å². The van der Waals surface area contributed by atoms with Gasteiger partial charge >= 0.3 is 5.97 Å². The molecule has 0 saturated carbocycles. The summed E-state index contributed by atoms with van der Waals surface area (Å²) in [6.07, 6.45) is 0.713. The number of esters is 1. The van der Waals surface area contributed by atoms with E-state index in [1.165, 1.54) is 5.56 Å². The van der Waals surface area contributed by atoms with Gasteiger partial charge in [0.2, 0.25) is 0 Å². The molecule has 0 bridgehead atoms. The van der Waals surface area contributed by atoms with Gasteiger partial charge in [0.25, 0.3) is 0 Å². The van der Waals surface area contributed by atoms with Crippen molar-refractivity contribution in [1.82, 2.24) is 0 Å². The van der Waals surface area contributed by atoms with Gasteiger partial charge in [0.05, 0.1) is 17.6 Å². The third kappa shape index (κ3) is 6.47. The summed E-state index contributed by atoms with van der Waals surface area (Å²) >= 11 is 0. The lowest BCUT2D eigenvalue weighted by molar-refractivity contribution is -0.138. The molecule has 212 valence electrons. The fraction of sp³-hybridized carbons (Fsp3) is 0.154. The van der Waals surface area contributed by atoms with E-state index in [-0.39, 0.29) is 17.7 Å². The fourth-order valence-electron chi connectivity index (χ4n) is 5.08. The van der Waals surface area contributed by atoms with E-state index in [4.69, 9.17) is 10.00 Å². The molecule has 0 N–H and O–H groups in total. The lowest BCUT2D eigenvalue weighted by Gasteiger charge is -2.12. The summed E-state index contributed by atoms with van der Waals surface area (Å²) in [5.41, 5.74) is 10.8. The van der Waals surface area contributed by atoms with Crippen LogP contribution in [0.2, 0.25) is 0 Å². The highest BCUT2D eigenvalue weighted by molar-refractivity contribution is 6.09. The summed E-state index contributed by atoms with van der Waals surface area (Å²) in [5.74, 6) is -0.0866. The SMILES string of the molecule is CCC(C)C(=O)Oc1ccc(C(=O)c2ccc(-c3ccc(-c4ccc(-c5ccc(C#N)cc5)c(C)c4)cc3C)cc2)cc1. The Morgan fingerprint density at radius 2 is 1.12 bits per heavy atom. The number of nitriles is 1. The van der Waals surface area contributed by atoms with Crippen LogP contribution in [-0.2, 0) is 4.79 Å². The van der Waals surface area contributed by atoms with Crippen LogP contribution in [0.1, 0.15) is 52.9 Å². The Balaban J connectivity index is 1.30. The summed E-state index contributed by atoms with van der Waals surface area (Å²) in [7, 11) is 0. The predicted octanol–water partition coefficient (Wildman–Crippen LogP) is 9.36. The first-order chi connectivity index (χ1) is 20.8. The molecule has 1 atom stereocenters. The van der Waals surface area contributed by atoms with E-state index in [0.29, 0.717) is 28.9 Å². The molecule has 1 unspecified atom stereocenters. The lowest BCUT2D eigenvalue weighted by atomic mass is 9.92. The minimum Gasteiger partial charge on any atom is -0.426 e. The average molecular weight is 564 g/mol. The van der Waals surface area contributed by atoms with Gasteiger partial charge in [-0.25, -0.2) is 0 Å². The molecular weight excluding hydrogens is 530 g/mol. The van der Waals surface area contributed by atoms with Gasteiger partial charge in [0.15, 0.2) is 5.78 Å². The molecule has 0 spiro atoms. The van der Waals surface area contributed by atoms with Crippen molar-refractivity contribution in [3.8, 4) is 45.2 Å². The van der Waals surface area contributed by atoms with Gasteiger partial charge in [-0.1, -0.05) is 86.6 Å². The highest BCUT2D eigenvalue weighted by Gasteiger charge is 2.15. The van der Waals surface area contributed by atoms with E-state index in [0.717, 1.165) is 38.9 Å². The number of carbonyl (C=O) groups is 2. The van der Waals surface area contributed by atoms with Crippen LogP contribution in [-0.4, -0.2) is 11.8 Å². The van der Waals surface area contributed by atoms with Crippen molar-refractivity contribution in [2.24, 2.45) is 5.92 Å². The minimum absolute atomic E-state index is 0.0850. The number of ether oxygens (including phenoxy) is 1. The highest BCUT2D eigenvalue weighted by atomic mass is 16.5. The van der Waals surface area contributed by atoms with Crippen molar-refractivity contribution in [3.05, 3.63) is 137 Å². The zero-order valence-electron chi connectivity index (χ0n) is 24.8. The number of nitrogens with zero attached hydrogens (tertiary/aromatic N) is 1. The molecule has 0 aliphatic heterocycles. The van der Waals surface area contributed by atoms with Crippen LogP contribution in [0.4, 0.5) is 0 Å². The van der Waals surface area contributed by atoms with Crippen molar-refractivity contribution in [1.29, 1.82) is 5.26 Å². The fourth-order valence-corrected chi connectivity index (χ4v) is 5.08. The molecular formula is C39H33NO3. The van der Waals surface area contributed by atoms with E-state index in [1.54, 1.807) is 24.3 Å². The molecule has 0 saturated heterocycles. The molecule has 0 fully saturated rings. The number of ketones is 1. The molecule has 4 heteroatoms. The van der Waals surface area contributed by atoms with Crippen LogP contribution >= 0.6 is 0 Å². The van der Waals surface area contributed by atoms with Crippen molar-refractivity contribution in [2.75, 3.05) is 0 Å². The van der Waals surface area contributed by atoms with Crippen LogP contribution < -0.4 is 4.74 Å². The lowest BCUT2D eigenvalue weighted by Crippen LogP contribution is -2.16. The Kier molecular flexibility index (Phi) is 8.64. The first-order valence-electron chi connectivity index (χ1n) is 14.5. The molecule has 0 aliphatic rings. The maximum absolute atomic E-state index is 13.1. The Hall–Kier alpha value is -5.27. The second kappa shape index (κ2) is 12.7. The quantitative estimate of drug-likeness (QED) is 0.107. The number of aryl methyl sites for hydroxylation is 2. The zero-order valence-corrected chi connectivity index (χ0v) is 24.8. The van der Waals surface area contributed by atoms with Crippen molar-refractivity contribution >= 4 is 11.8 Å². The number of hydrogen-bond donors (Lipinski definition) is 0. The summed E-state index contributed by atoms with van der Waals surface area (Å²) in [6.45, 7) is 7.99. The molecule has 5 aromatic rings. The van der Waals surface area contributed by atoms with Crippen LogP contribution in [0, 0.1) is 31.1 Å². The number of hydrogen-bond acceptors (Lipinski definition) is 4. The summed E-state index contributed by atoms with van der Waals surface area (Å²) in [5, 5.41) is 9.08. The number of carbonyl (C=O) groups excluding carboxylic acids is 2. The first kappa shape index (κ1) is 29.2. The Labute approximate surface area is 253 Å². The van der Waals surface area contributed by atoms with Crippen molar-refractivity contribution in [3.63, 3.8) is 0 Å². The summed E-state index contributed by atoms with van der Waals surface area (Å²) in [6, 6.07) is 37.1. The monoisotopic (exact) mass is 563 g/mol. The van der Waals surface area contributed by atoms with Gasteiger partial charge in [-0.15, -0.1) is 0 Å². The van der Waals surface area contributed by atoms with Crippen LogP contribution in [0.15, 0.2) is 109 Å². The van der Waals surface area contributed by atoms with Gasteiger partial charge < -0.3 is 4.74 Å². The maximum atomic E-state index is 13.1. The van der Waals surface area contributed by atoms with Crippen LogP contribution in [0.25, 0.3) is 33.4 Å². The Morgan fingerprint density at radius 1 is 0.674 bits per heavy atom. The number of benzene rings is 5. The second-order valence-electron chi connectivity index (χ2n) is 10.9. The van der Waals surface area contributed by atoms with E-state index in [2.05, 4.69) is 56.3 Å². The Morgan fingerprint density at radius 3 is 1.56 bits per heavy atom. The van der Waals surface area contributed by atoms with Gasteiger partial charge in [-0.2, -0.15) is 5.26 Å². The molecule has 0 aliphatic carbocycles. The summed E-state index contributed by atoms with van der Waals surface area (Å²) < 4.78 is 5.40. The standard InChI is InChI=1S/C39H33NO3/c1-5-25(2)39(42)43-35-18-14-32(15-19-35)38(41)31-12-10-30(11-13-31)37-21-17-34(23-27(37)4)33-16-20-36(26(3)22-33)29-8-6-28(24-40)7-9-29/h6-23,25H,5H2,1-4H3. The molecule has 0 aromatic heterocycles. The molecule has 43 heavy (non-hydrogen) atoms. The number of rotatable bonds is 8. The normalized spacial score (nSPS) is 11.4. The molecule has 5 aromatic carbocycles. The smallest absolute Gasteiger partial charge is 0.314 e. The molecule has 0 amide bonds. The van der Waals surface area contributed by atoms with Gasteiger partial charge in [-0.05, 0) is 101 Å². The van der Waals surface area contributed by atoms with Gasteiger partial charge in [-0.3, -0.25) is 9.59 Å². The van der Waals surface area contributed by atoms with E-state index in [9.17, 15) is 9.59 Å². The van der Waals surface area contributed by atoms with Crippen LogP contribution in [0.3, 0.4) is 0 Å². The average Bonchev–Trinajstić information content (AvgIpc) is 3.04. The highest BCUT2D eigenvalue weighted by Crippen LogP contribution is 2.32. The van der Waals surface area contributed by atoms with Gasteiger partial charge in [0, 0.05) is 11.1 Å². The Bertz CT molecular complexity index is 1830. The second-order valence-corrected chi connectivity index (χ2v) is 10.9. The van der Waals surface area contributed by atoms with Crippen LogP contribution in [0.5, 0.6) is 5.75 Å². The molecule has 4 nitrogen and oxygen atoms in total. The molecule has 5 rings (SSSR count). The predicted molar refractivity (Wildman–Crippen MR) is 172 cm³/mol. The summed E-state index contributed by atoms with van der Waals surface area (Å²) in [4.78, 5) is 25.1. The van der Waals surface area contributed by atoms with E-state index in [1.807, 2.05) is 62.4 Å². The minimum atomic E-state index is -0.270. The largest absolute Gasteiger partial charge is 0.426 e. The molecule has 0 radical (unpaired) electrons. The first-order valence-corrected chi connectivity index (χ1v) is 14.5. The van der Waals surface area contributed by atoms with Gasteiger partial charge in [0.1, 0.15) is 5.75 Å². The third-order valence-corrected chi connectivity index (χ3v) is 7.92. The van der Waals surface area contributed by atoms with Crippen molar-refractivity contribution < 1.29 is 14.3 Å². The van der Waals surface area contributed by atoms with E-state index >= 15 is 0 Å². The molecule has 0 heterocycles.